The molecule has 2 aromatic rings. The van der Waals surface area contributed by atoms with E-state index in [4.69, 9.17) is 4.74 Å². The number of carbonyl (C=O) groups is 3. The number of pyridine rings is 1. The van der Waals surface area contributed by atoms with E-state index < -0.39 is 0 Å². The Bertz CT molecular complexity index is 1230. The van der Waals surface area contributed by atoms with Gasteiger partial charge in [0.2, 0.25) is 0 Å². The molecule has 0 spiro atoms. The molecule has 188 valence electrons. The molecule has 3 amide bonds. The van der Waals surface area contributed by atoms with Crippen molar-refractivity contribution in [2.75, 3.05) is 25.1 Å². The lowest BCUT2D eigenvalue weighted by Crippen LogP contribution is -2.30. The molecule has 1 aliphatic carbocycles. The van der Waals surface area contributed by atoms with Crippen molar-refractivity contribution in [3.63, 3.8) is 0 Å². The topological polar surface area (TPSA) is 101 Å². The summed E-state index contributed by atoms with van der Waals surface area (Å²) in [6.07, 6.45) is 8.45. The van der Waals surface area contributed by atoms with E-state index in [0.29, 0.717) is 30.6 Å². The van der Waals surface area contributed by atoms with E-state index in [-0.39, 0.29) is 36.3 Å². The summed E-state index contributed by atoms with van der Waals surface area (Å²) in [5, 5.41) is 5.56. The minimum atomic E-state index is -0.381. The second-order valence-electron chi connectivity index (χ2n) is 8.97. The Morgan fingerprint density at radius 3 is 2.67 bits per heavy atom. The first-order valence-corrected chi connectivity index (χ1v) is 12.3. The van der Waals surface area contributed by atoms with Gasteiger partial charge in [-0.05, 0) is 68.0 Å². The highest BCUT2D eigenvalue weighted by Crippen LogP contribution is 2.32. The molecule has 8 heteroatoms. The van der Waals surface area contributed by atoms with E-state index in [1.165, 1.54) is 13.1 Å². The summed E-state index contributed by atoms with van der Waals surface area (Å²) in [6.45, 7) is 4.58. The molecule has 1 saturated carbocycles. The Hall–Kier alpha value is -3.94. The van der Waals surface area contributed by atoms with Crippen molar-refractivity contribution in [2.45, 2.75) is 45.6 Å². The number of nitrogens with one attached hydrogen (secondary N) is 2. The fraction of sp³-hybridized carbons (Fsp3) is 0.357. The van der Waals surface area contributed by atoms with Gasteiger partial charge in [-0.1, -0.05) is 30.4 Å². The number of aromatic nitrogens is 1. The molecular formula is C28H32N4O4. The van der Waals surface area contributed by atoms with E-state index in [0.717, 1.165) is 35.2 Å². The SMILES string of the molecule is C/C=C\C(=C/C)COC(=O)N1CCc2c(Cc3cc(C(=O)NC4CC4)cc(C(=O)NC)n3)cccc21. The molecule has 0 saturated heterocycles. The normalized spacial score (nSPS) is 15.1. The van der Waals surface area contributed by atoms with Crippen molar-refractivity contribution in [3.05, 3.63) is 82.2 Å². The zero-order chi connectivity index (χ0) is 25.7. The summed E-state index contributed by atoms with van der Waals surface area (Å²) in [6, 6.07) is 9.29. The standard InChI is InChI=1S/C28H32N4O4/c1-4-7-18(5-2)17-36-28(35)32-13-12-23-19(8-6-9-25(23)32)14-22-15-20(26(33)31-21-10-11-21)16-24(30-22)27(34)29-3/h4-9,15-16,21H,10-14,17H2,1-3H3,(H,29,34)(H,31,33)/b7-4-,18-5+. The highest BCUT2D eigenvalue weighted by atomic mass is 16.6. The summed E-state index contributed by atoms with van der Waals surface area (Å²) in [5.74, 6) is -0.542. The molecule has 0 bridgehead atoms. The number of benzene rings is 1. The molecule has 4 rings (SSSR count). The van der Waals surface area contributed by atoms with Crippen LogP contribution in [0.25, 0.3) is 0 Å². The van der Waals surface area contributed by atoms with Gasteiger partial charge in [0.1, 0.15) is 12.3 Å². The molecule has 0 radical (unpaired) electrons. The second-order valence-corrected chi connectivity index (χ2v) is 8.97. The molecule has 0 atom stereocenters. The maximum Gasteiger partial charge on any atom is 0.414 e. The molecule has 1 aromatic heterocycles. The largest absolute Gasteiger partial charge is 0.444 e. The lowest BCUT2D eigenvalue weighted by Gasteiger charge is -2.18. The molecule has 1 aliphatic heterocycles. The minimum Gasteiger partial charge on any atom is -0.444 e. The smallest absolute Gasteiger partial charge is 0.414 e. The van der Waals surface area contributed by atoms with E-state index in [2.05, 4.69) is 15.6 Å². The van der Waals surface area contributed by atoms with E-state index >= 15 is 0 Å². The molecule has 2 N–H and O–H groups in total. The van der Waals surface area contributed by atoms with Gasteiger partial charge in [-0.2, -0.15) is 0 Å². The third kappa shape index (κ3) is 5.82. The minimum absolute atomic E-state index is 0.197. The number of allylic oxidation sites excluding steroid dienone is 2. The number of ether oxygens (including phenoxy) is 1. The van der Waals surface area contributed by atoms with Gasteiger partial charge < -0.3 is 15.4 Å². The van der Waals surface area contributed by atoms with Crippen LogP contribution in [-0.2, 0) is 17.6 Å². The number of hydrogen-bond acceptors (Lipinski definition) is 5. The van der Waals surface area contributed by atoms with Gasteiger partial charge in [-0.25, -0.2) is 9.78 Å². The number of rotatable bonds is 8. The number of nitrogens with zero attached hydrogens (tertiary/aromatic N) is 2. The number of hydrogen-bond donors (Lipinski definition) is 2. The van der Waals surface area contributed by atoms with Gasteiger partial charge in [0.15, 0.2) is 0 Å². The van der Waals surface area contributed by atoms with Gasteiger partial charge in [0, 0.05) is 37.3 Å². The fourth-order valence-corrected chi connectivity index (χ4v) is 4.27. The number of anilines is 1. The van der Waals surface area contributed by atoms with Crippen LogP contribution in [0.5, 0.6) is 0 Å². The van der Waals surface area contributed by atoms with Crippen LogP contribution >= 0.6 is 0 Å². The average molecular weight is 489 g/mol. The Kier molecular flexibility index (Phi) is 7.83. The van der Waals surface area contributed by atoms with Gasteiger partial charge in [-0.3, -0.25) is 14.5 Å². The number of fused-ring (bicyclic) bond motifs is 1. The van der Waals surface area contributed by atoms with Crippen LogP contribution in [0.4, 0.5) is 10.5 Å². The van der Waals surface area contributed by atoms with E-state index in [1.54, 1.807) is 11.0 Å². The summed E-state index contributed by atoms with van der Waals surface area (Å²) in [4.78, 5) is 44.0. The molecule has 8 nitrogen and oxygen atoms in total. The van der Waals surface area contributed by atoms with Crippen LogP contribution in [0.2, 0.25) is 0 Å². The zero-order valence-electron chi connectivity index (χ0n) is 21.0. The van der Waals surface area contributed by atoms with Crippen LogP contribution in [0.3, 0.4) is 0 Å². The van der Waals surface area contributed by atoms with Crippen LogP contribution < -0.4 is 15.5 Å². The zero-order valence-corrected chi connectivity index (χ0v) is 21.0. The first kappa shape index (κ1) is 25.2. The van der Waals surface area contributed by atoms with E-state index in [9.17, 15) is 14.4 Å². The highest BCUT2D eigenvalue weighted by Gasteiger charge is 2.28. The Labute approximate surface area is 211 Å². The third-order valence-electron chi connectivity index (χ3n) is 6.34. The fourth-order valence-electron chi connectivity index (χ4n) is 4.27. The van der Waals surface area contributed by atoms with Crippen LogP contribution in [0.1, 0.15) is 64.4 Å². The quantitative estimate of drug-likeness (QED) is 0.548. The highest BCUT2D eigenvalue weighted by molar-refractivity contribution is 5.99. The number of amides is 3. The summed E-state index contributed by atoms with van der Waals surface area (Å²) in [5.41, 5.74) is 5.04. The summed E-state index contributed by atoms with van der Waals surface area (Å²) in [7, 11) is 1.54. The molecule has 1 fully saturated rings. The Morgan fingerprint density at radius 2 is 1.97 bits per heavy atom. The lowest BCUT2D eigenvalue weighted by atomic mass is 9.99. The summed E-state index contributed by atoms with van der Waals surface area (Å²) < 4.78 is 5.55. The van der Waals surface area contributed by atoms with Gasteiger partial charge in [-0.15, -0.1) is 0 Å². The molecular weight excluding hydrogens is 456 g/mol. The Morgan fingerprint density at radius 1 is 1.17 bits per heavy atom. The van der Waals surface area contributed by atoms with Gasteiger partial charge in [0.25, 0.3) is 11.8 Å². The second kappa shape index (κ2) is 11.2. The molecule has 1 aromatic carbocycles. The van der Waals surface area contributed by atoms with Crippen molar-refractivity contribution >= 4 is 23.6 Å². The molecule has 0 unspecified atom stereocenters. The van der Waals surface area contributed by atoms with Crippen molar-refractivity contribution < 1.29 is 19.1 Å². The Balaban J connectivity index is 1.55. The van der Waals surface area contributed by atoms with Crippen molar-refractivity contribution in [3.8, 4) is 0 Å². The summed E-state index contributed by atoms with van der Waals surface area (Å²) >= 11 is 0. The molecule has 2 aliphatic rings. The van der Waals surface area contributed by atoms with Gasteiger partial charge >= 0.3 is 6.09 Å². The first-order chi connectivity index (χ1) is 17.4. The van der Waals surface area contributed by atoms with Crippen molar-refractivity contribution in [2.24, 2.45) is 0 Å². The third-order valence-corrected chi connectivity index (χ3v) is 6.34. The molecule has 2 heterocycles. The van der Waals surface area contributed by atoms with Crippen molar-refractivity contribution in [1.29, 1.82) is 0 Å². The van der Waals surface area contributed by atoms with Crippen molar-refractivity contribution in [1.82, 2.24) is 15.6 Å². The van der Waals surface area contributed by atoms with Gasteiger partial charge in [0.05, 0.1) is 5.69 Å². The van der Waals surface area contributed by atoms with Crippen LogP contribution in [0, 0.1) is 0 Å². The predicted octanol–water partition coefficient (Wildman–Crippen LogP) is 3.95. The predicted molar refractivity (Wildman–Crippen MR) is 138 cm³/mol. The first-order valence-electron chi connectivity index (χ1n) is 12.3. The van der Waals surface area contributed by atoms with Crippen LogP contribution in [-0.4, -0.2) is 49.1 Å². The van der Waals surface area contributed by atoms with E-state index in [1.807, 2.05) is 50.3 Å². The van der Waals surface area contributed by atoms with Crippen LogP contribution in [0.15, 0.2) is 54.1 Å². The molecule has 36 heavy (non-hydrogen) atoms. The maximum absolute atomic E-state index is 12.8. The average Bonchev–Trinajstić information content (AvgIpc) is 3.59. The monoisotopic (exact) mass is 488 g/mol. The lowest BCUT2D eigenvalue weighted by molar-refractivity contribution is 0.0950. The number of carbonyl (C=O) groups excluding carboxylic acids is 3. The maximum atomic E-state index is 12.8.